The summed E-state index contributed by atoms with van der Waals surface area (Å²) < 4.78 is 9.18. The van der Waals surface area contributed by atoms with Crippen LogP contribution < -0.4 is 31.1 Å². The molecule has 4 heterocycles. The first kappa shape index (κ1) is 56.0. The Morgan fingerprint density at radius 3 is 1.69 bits per heavy atom. The number of benzene rings is 11. The Bertz CT molecular complexity index is 4990. The molecule has 0 N–H and O–H groups in total. The number of aryl methyl sites for hydroxylation is 5. The Kier molecular flexibility index (Phi) is 12.8. The molecule has 0 amide bonds. The molecule has 2 aromatic heterocycles. The molecule has 0 saturated heterocycles. The molecular weight excluding hydrogens is 1080 g/mol. The van der Waals surface area contributed by atoms with Crippen LogP contribution in [0.5, 0.6) is 0 Å². The Morgan fingerprint density at radius 2 is 0.989 bits per heavy atom. The second-order valence-corrected chi connectivity index (χ2v) is 28.6. The molecule has 0 aliphatic carbocycles. The second-order valence-electron chi connectivity index (χ2n) is 28.6. The van der Waals surface area contributed by atoms with E-state index in [0.29, 0.717) is 0 Å². The van der Waals surface area contributed by atoms with E-state index >= 15 is 0 Å². The first-order valence-corrected chi connectivity index (χ1v) is 31.8. The van der Waals surface area contributed by atoms with Crippen molar-refractivity contribution < 1.29 is 4.42 Å². The predicted molar refractivity (Wildman–Crippen MR) is 382 cm³/mol. The van der Waals surface area contributed by atoms with Crippen molar-refractivity contribution >= 4 is 118 Å². The highest BCUT2D eigenvalue weighted by atomic mass is 16.3. The predicted octanol–water partition coefficient (Wildman–Crippen LogP) is 21.3. The summed E-state index contributed by atoms with van der Waals surface area (Å²) >= 11 is 0. The number of hydrogen-bond acceptors (Lipinski definition) is 4. The number of nitrogens with zero attached hydrogens (tertiary/aromatic N) is 4. The molecule has 0 fully saturated rings. The minimum Gasteiger partial charge on any atom is -0.455 e. The Balaban J connectivity index is 1.02. The number of hydrogen-bond donors (Lipinski definition) is 0. The average molecular weight is 1160 g/mol. The number of aromatic nitrogens is 1. The Morgan fingerprint density at radius 1 is 0.393 bits per heavy atom. The normalized spacial score (nSPS) is 13.2. The number of furan rings is 1. The topological polar surface area (TPSA) is 27.8 Å². The Hall–Kier alpha value is -9.52. The molecule has 438 valence electrons. The molecule has 2 aliphatic rings. The van der Waals surface area contributed by atoms with Crippen LogP contribution in [-0.4, -0.2) is 11.3 Å². The fraction of sp³-hybridized carbons (Fsp3) is 0.205. The standard InChI is InChI=1S/C83H77BN4O/c1-50-41-74-77-75(42-50)88(79-51(2)43-55(44-52(79)3)63-27-22-28-67-66-26-19-21-30-76(66)89-80(63)67)73-49-62(37-39-68(73)84(77)69-47-57(82(9,10)11)33-40-71(69)87(74)60-34-31-56(32-35-60)81(6,7)8)85(78-53(4)45-58(46-54(78)5)83(12,13)14)61-36-38-65-64-25-18-20-29-70(64)86(72(65)48-61)59-23-16-15-17-24-59/h15-49H,1-14H3. The second kappa shape index (κ2) is 20.3. The summed E-state index contributed by atoms with van der Waals surface area (Å²) in [5, 5.41) is 4.72. The zero-order valence-electron chi connectivity index (χ0n) is 54.0. The third-order valence-corrected chi connectivity index (χ3v) is 19.3. The van der Waals surface area contributed by atoms with E-state index in [4.69, 9.17) is 4.42 Å². The lowest BCUT2D eigenvalue weighted by atomic mass is 9.33. The van der Waals surface area contributed by atoms with E-state index in [0.717, 1.165) is 67.0 Å². The summed E-state index contributed by atoms with van der Waals surface area (Å²) in [6, 6.07) is 80.5. The van der Waals surface area contributed by atoms with E-state index in [-0.39, 0.29) is 23.0 Å². The lowest BCUT2D eigenvalue weighted by Gasteiger charge is -2.45. The van der Waals surface area contributed by atoms with Gasteiger partial charge in [-0.15, -0.1) is 0 Å². The van der Waals surface area contributed by atoms with Gasteiger partial charge in [0.15, 0.2) is 0 Å². The minimum atomic E-state index is -0.0905. The third kappa shape index (κ3) is 9.03. The van der Waals surface area contributed by atoms with Gasteiger partial charge < -0.3 is 23.7 Å². The molecule has 5 nitrogen and oxygen atoms in total. The molecule has 13 aromatic rings. The SMILES string of the molecule is Cc1cc2c3c(c1)N(c1c(C)cc(-c4cccc5c4oc4ccccc45)cc1C)c1cc(N(c4ccc5c6ccccc6n(-c6ccccc6)c5c4)c4c(C)cc(C(C)(C)C)cc4C)ccc1B3c1cc(C(C)(C)C)ccc1N2c1ccc(C(C)(C)C)cc1. The van der Waals surface area contributed by atoms with Gasteiger partial charge in [-0.1, -0.05) is 184 Å². The Labute approximate surface area is 525 Å². The van der Waals surface area contributed by atoms with Crippen molar-refractivity contribution in [2.24, 2.45) is 0 Å². The molecule has 89 heavy (non-hydrogen) atoms. The molecule has 0 spiro atoms. The van der Waals surface area contributed by atoms with Crippen LogP contribution in [-0.2, 0) is 16.2 Å². The molecule has 6 heteroatoms. The maximum absolute atomic E-state index is 6.74. The summed E-state index contributed by atoms with van der Waals surface area (Å²) in [5.74, 6) is 0. The summed E-state index contributed by atoms with van der Waals surface area (Å²) in [6.45, 7) is 32.4. The third-order valence-electron chi connectivity index (χ3n) is 19.3. The molecule has 0 atom stereocenters. The van der Waals surface area contributed by atoms with Crippen molar-refractivity contribution in [3.8, 4) is 16.8 Å². The van der Waals surface area contributed by atoms with Gasteiger partial charge in [-0.3, -0.25) is 0 Å². The van der Waals surface area contributed by atoms with Crippen LogP contribution in [0, 0.1) is 34.6 Å². The average Bonchev–Trinajstić information content (AvgIpc) is 1.32. The summed E-state index contributed by atoms with van der Waals surface area (Å²) in [6.07, 6.45) is 0. The van der Waals surface area contributed by atoms with Gasteiger partial charge in [-0.2, -0.15) is 0 Å². The molecule has 0 radical (unpaired) electrons. The largest absolute Gasteiger partial charge is 0.455 e. The van der Waals surface area contributed by atoms with Gasteiger partial charge in [0.1, 0.15) is 11.2 Å². The van der Waals surface area contributed by atoms with Crippen molar-refractivity contribution in [3.05, 3.63) is 257 Å². The number of rotatable bonds is 7. The lowest BCUT2D eigenvalue weighted by Crippen LogP contribution is -2.61. The van der Waals surface area contributed by atoms with Crippen LogP contribution in [0.25, 0.3) is 60.6 Å². The number of para-hydroxylation sites is 4. The monoisotopic (exact) mass is 1160 g/mol. The van der Waals surface area contributed by atoms with Crippen molar-refractivity contribution in [3.63, 3.8) is 0 Å². The zero-order valence-corrected chi connectivity index (χ0v) is 54.0. The molecule has 0 bridgehead atoms. The van der Waals surface area contributed by atoms with Crippen LogP contribution in [0.4, 0.5) is 51.2 Å². The van der Waals surface area contributed by atoms with Crippen LogP contribution in [0.3, 0.4) is 0 Å². The van der Waals surface area contributed by atoms with Crippen LogP contribution in [0.1, 0.15) is 107 Å². The van der Waals surface area contributed by atoms with Gasteiger partial charge in [0, 0.05) is 72.6 Å². The van der Waals surface area contributed by atoms with Crippen molar-refractivity contribution in [2.75, 3.05) is 14.7 Å². The van der Waals surface area contributed by atoms with Crippen LogP contribution in [0.15, 0.2) is 217 Å². The molecule has 15 rings (SSSR count). The van der Waals surface area contributed by atoms with E-state index < -0.39 is 0 Å². The summed E-state index contributed by atoms with van der Waals surface area (Å²) in [4.78, 5) is 7.77. The van der Waals surface area contributed by atoms with Gasteiger partial charge in [0.05, 0.1) is 22.4 Å². The van der Waals surface area contributed by atoms with E-state index in [9.17, 15) is 0 Å². The number of fused-ring (bicyclic) bond motifs is 10. The first-order valence-electron chi connectivity index (χ1n) is 31.8. The minimum absolute atomic E-state index is 0.0121. The van der Waals surface area contributed by atoms with E-state index in [1.807, 2.05) is 0 Å². The fourth-order valence-electron chi connectivity index (χ4n) is 14.9. The maximum atomic E-state index is 6.74. The van der Waals surface area contributed by atoms with Gasteiger partial charge in [-0.05, 0) is 208 Å². The van der Waals surface area contributed by atoms with E-state index in [1.54, 1.807) is 0 Å². The molecule has 0 unspecified atom stereocenters. The van der Waals surface area contributed by atoms with E-state index in [2.05, 4.69) is 329 Å². The maximum Gasteiger partial charge on any atom is 0.252 e. The fourth-order valence-corrected chi connectivity index (χ4v) is 14.9. The van der Waals surface area contributed by atoms with Crippen LogP contribution in [0.2, 0.25) is 0 Å². The zero-order chi connectivity index (χ0) is 61.7. The highest BCUT2D eigenvalue weighted by Gasteiger charge is 2.45. The van der Waals surface area contributed by atoms with Gasteiger partial charge in [0.2, 0.25) is 0 Å². The van der Waals surface area contributed by atoms with Gasteiger partial charge in [0.25, 0.3) is 6.71 Å². The van der Waals surface area contributed by atoms with Gasteiger partial charge >= 0.3 is 0 Å². The first-order chi connectivity index (χ1) is 42.6. The van der Waals surface area contributed by atoms with E-state index in [1.165, 1.54) is 106 Å². The van der Waals surface area contributed by atoms with Gasteiger partial charge in [-0.25, -0.2) is 0 Å². The molecule has 0 saturated carbocycles. The van der Waals surface area contributed by atoms with Crippen molar-refractivity contribution in [1.29, 1.82) is 0 Å². The lowest BCUT2D eigenvalue weighted by molar-refractivity contribution is 0.589. The summed E-state index contributed by atoms with van der Waals surface area (Å²) in [5.41, 5.74) is 31.7. The summed E-state index contributed by atoms with van der Waals surface area (Å²) in [7, 11) is 0. The smallest absolute Gasteiger partial charge is 0.252 e. The molecule has 2 aliphatic heterocycles. The molecular formula is C83H77BN4O. The quantitative estimate of drug-likeness (QED) is 0.149. The van der Waals surface area contributed by atoms with Crippen LogP contribution >= 0.6 is 0 Å². The highest BCUT2D eigenvalue weighted by Crippen LogP contribution is 2.51. The number of anilines is 9. The molecule has 11 aromatic carbocycles. The van der Waals surface area contributed by atoms with Crippen molar-refractivity contribution in [1.82, 2.24) is 4.57 Å². The highest BCUT2D eigenvalue weighted by molar-refractivity contribution is 7.00. The van der Waals surface area contributed by atoms with Crippen molar-refractivity contribution in [2.45, 2.75) is 113 Å².